The van der Waals surface area contributed by atoms with Gasteiger partial charge < -0.3 is 10.6 Å². The molecular weight excluding hydrogens is 266 g/mol. The average molecular weight is 283 g/mol. The fraction of sp³-hybridized carbons (Fsp3) is 0.250. The minimum absolute atomic E-state index is 0.436. The van der Waals surface area contributed by atoms with Crippen molar-refractivity contribution < 1.29 is 0 Å². The molecule has 1 aromatic carbocycles. The van der Waals surface area contributed by atoms with Gasteiger partial charge in [-0.2, -0.15) is 0 Å². The fourth-order valence-electron chi connectivity index (χ4n) is 2.82. The van der Waals surface area contributed by atoms with Crippen LogP contribution in [0.25, 0.3) is 0 Å². The molecule has 1 aromatic heterocycles. The van der Waals surface area contributed by atoms with Crippen LogP contribution >= 0.6 is 12.2 Å². The van der Waals surface area contributed by atoms with Crippen LogP contribution in [0.5, 0.6) is 0 Å². The molecule has 1 saturated heterocycles. The van der Waals surface area contributed by atoms with E-state index in [9.17, 15) is 0 Å². The van der Waals surface area contributed by atoms with E-state index in [1.165, 1.54) is 5.56 Å². The number of nitrogens with two attached hydrogens (primary N) is 1. The molecule has 4 heteroatoms. The van der Waals surface area contributed by atoms with Crippen molar-refractivity contribution in [3.63, 3.8) is 0 Å². The van der Waals surface area contributed by atoms with Gasteiger partial charge in [-0.3, -0.25) is 4.98 Å². The standard InChI is InChI=1S/C16H17N3S/c17-16(20)14-6-8-18-10-15(14)19-9-7-13(11-19)12-4-2-1-3-5-12/h1-6,8,10,13H,7,9,11H2,(H2,17,20). The largest absolute Gasteiger partial charge is 0.389 e. The molecule has 1 unspecified atom stereocenters. The molecule has 2 N–H and O–H groups in total. The lowest BCUT2D eigenvalue weighted by molar-refractivity contribution is 0.775. The van der Waals surface area contributed by atoms with Gasteiger partial charge in [0.1, 0.15) is 4.99 Å². The first-order chi connectivity index (χ1) is 9.75. The van der Waals surface area contributed by atoms with E-state index in [2.05, 4.69) is 40.2 Å². The lowest BCUT2D eigenvalue weighted by atomic mass is 9.99. The lowest BCUT2D eigenvalue weighted by Crippen LogP contribution is -2.23. The Bertz CT molecular complexity index is 612. The summed E-state index contributed by atoms with van der Waals surface area (Å²) in [6.07, 6.45) is 4.75. The van der Waals surface area contributed by atoms with Crippen LogP contribution in [0.15, 0.2) is 48.8 Å². The first-order valence-electron chi connectivity index (χ1n) is 6.79. The molecule has 0 amide bonds. The van der Waals surface area contributed by atoms with E-state index < -0.39 is 0 Å². The van der Waals surface area contributed by atoms with Crippen LogP contribution in [0.4, 0.5) is 5.69 Å². The van der Waals surface area contributed by atoms with Gasteiger partial charge in [0.15, 0.2) is 0 Å². The van der Waals surface area contributed by atoms with Crippen molar-refractivity contribution in [3.05, 3.63) is 59.9 Å². The van der Waals surface area contributed by atoms with Gasteiger partial charge in [-0.05, 0) is 18.1 Å². The zero-order valence-corrected chi connectivity index (χ0v) is 12.0. The minimum Gasteiger partial charge on any atom is -0.389 e. The van der Waals surface area contributed by atoms with Crippen molar-refractivity contribution >= 4 is 22.9 Å². The summed E-state index contributed by atoms with van der Waals surface area (Å²) in [4.78, 5) is 6.98. The van der Waals surface area contributed by atoms with Crippen molar-refractivity contribution in [1.29, 1.82) is 0 Å². The third-order valence-corrected chi connectivity index (χ3v) is 4.09. The molecule has 1 aliphatic rings. The Hall–Kier alpha value is -1.94. The molecule has 0 spiro atoms. The van der Waals surface area contributed by atoms with E-state index in [0.29, 0.717) is 10.9 Å². The Labute approximate surface area is 124 Å². The van der Waals surface area contributed by atoms with E-state index in [0.717, 1.165) is 30.8 Å². The summed E-state index contributed by atoms with van der Waals surface area (Å²) in [5.74, 6) is 0.565. The molecule has 0 saturated carbocycles. The van der Waals surface area contributed by atoms with Crippen LogP contribution < -0.4 is 10.6 Å². The van der Waals surface area contributed by atoms with Gasteiger partial charge in [0.25, 0.3) is 0 Å². The Morgan fingerprint density at radius 1 is 1.25 bits per heavy atom. The maximum atomic E-state index is 5.80. The average Bonchev–Trinajstić information content (AvgIpc) is 2.98. The van der Waals surface area contributed by atoms with E-state index in [4.69, 9.17) is 18.0 Å². The number of rotatable bonds is 3. The van der Waals surface area contributed by atoms with Crippen LogP contribution in [0, 0.1) is 0 Å². The zero-order valence-electron chi connectivity index (χ0n) is 11.2. The van der Waals surface area contributed by atoms with Crippen LogP contribution in [0.3, 0.4) is 0 Å². The van der Waals surface area contributed by atoms with Gasteiger partial charge in [0, 0.05) is 30.8 Å². The zero-order chi connectivity index (χ0) is 13.9. The Morgan fingerprint density at radius 2 is 2.05 bits per heavy atom. The molecular formula is C16H17N3S. The highest BCUT2D eigenvalue weighted by atomic mass is 32.1. The predicted octanol–water partition coefficient (Wildman–Crippen LogP) is 2.71. The second kappa shape index (κ2) is 5.59. The molecule has 2 heterocycles. The SMILES string of the molecule is NC(=S)c1ccncc1N1CCC(c2ccccc2)C1. The third-order valence-electron chi connectivity index (χ3n) is 3.87. The molecule has 3 nitrogen and oxygen atoms in total. The van der Waals surface area contributed by atoms with E-state index >= 15 is 0 Å². The van der Waals surface area contributed by atoms with Crippen molar-refractivity contribution in [2.24, 2.45) is 5.73 Å². The summed E-state index contributed by atoms with van der Waals surface area (Å²) in [7, 11) is 0. The molecule has 1 aliphatic heterocycles. The summed E-state index contributed by atoms with van der Waals surface area (Å²) >= 11 is 5.13. The molecule has 3 rings (SSSR count). The maximum absolute atomic E-state index is 5.80. The normalized spacial score (nSPS) is 18.2. The molecule has 1 fully saturated rings. The molecule has 1 atom stereocenters. The van der Waals surface area contributed by atoms with Crippen molar-refractivity contribution in [1.82, 2.24) is 4.98 Å². The van der Waals surface area contributed by atoms with Gasteiger partial charge in [-0.1, -0.05) is 42.5 Å². The second-order valence-corrected chi connectivity index (χ2v) is 5.54. The Kier molecular flexibility index (Phi) is 3.65. The summed E-state index contributed by atoms with van der Waals surface area (Å²) in [5, 5.41) is 0. The molecule has 0 aliphatic carbocycles. The van der Waals surface area contributed by atoms with Crippen molar-refractivity contribution in [3.8, 4) is 0 Å². The number of aromatic nitrogens is 1. The van der Waals surface area contributed by atoms with Crippen molar-refractivity contribution in [2.75, 3.05) is 18.0 Å². The van der Waals surface area contributed by atoms with Gasteiger partial charge in [0.05, 0.1) is 11.9 Å². The van der Waals surface area contributed by atoms with E-state index in [-0.39, 0.29) is 0 Å². The highest BCUT2D eigenvalue weighted by Gasteiger charge is 2.25. The number of hydrogen-bond donors (Lipinski definition) is 1. The Morgan fingerprint density at radius 3 is 2.80 bits per heavy atom. The van der Waals surface area contributed by atoms with Crippen LogP contribution in [-0.4, -0.2) is 23.1 Å². The van der Waals surface area contributed by atoms with Gasteiger partial charge in [-0.15, -0.1) is 0 Å². The molecule has 2 aromatic rings. The first kappa shape index (κ1) is 13.1. The van der Waals surface area contributed by atoms with E-state index in [1.807, 2.05) is 12.3 Å². The van der Waals surface area contributed by atoms with Gasteiger partial charge in [0.2, 0.25) is 0 Å². The molecule has 0 radical (unpaired) electrons. The number of hydrogen-bond acceptors (Lipinski definition) is 3. The van der Waals surface area contributed by atoms with Crippen LogP contribution in [0.2, 0.25) is 0 Å². The molecule has 0 bridgehead atoms. The van der Waals surface area contributed by atoms with E-state index in [1.54, 1.807) is 6.20 Å². The number of thiocarbonyl (C=S) groups is 1. The number of benzene rings is 1. The highest BCUT2D eigenvalue weighted by molar-refractivity contribution is 7.80. The Balaban J connectivity index is 1.83. The quantitative estimate of drug-likeness (QED) is 0.880. The minimum atomic E-state index is 0.436. The number of pyridine rings is 1. The maximum Gasteiger partial charge on any atom is 0.106 e. The first-order valence-corrected chi connectivity index (χ1v) is 7.20. The summed E-state index contributed by atoms with van der Waals surface area (Å²) in [6.45, 7) is 2.01. The fourth-order valence-corrected chi connectivity index (χ4v) is 3.00. The number of nitrogens with zero attached hydrogens (tertiary/aromatic N) is 2. The summed E-state index contributed by atoms with van der Waals surface area (Å²) < 4.78 is 0. The predicted molar refractivity (Wildman–Crippen MR) is 86.1 cm³/mol. The smallest absolute Gasteiger partial charge is 0.106 e. The highest BCUT2D eigenvalue weighted by Crippen LogP contribution is 2.31. The van der Waals surface area contributed by atoms with Crippen molar-refractivity contribution in [2.45, 2.75) is 12.3 Å². The lowest BCUT2D eigenvalue weighted by Gasteiger charge is -2.21. The summed E-state index contributed by atoms with van der Waals surface area (Å²) in [5.41, 5.74) is 9.18. The topological polar surface area (TPSA) is 42.1 Å². The summed E-state index contributed by atoms with van der Waals surface area (Å²) in [6, 6.07) is 12.6. The number of anilines is 1. The van der Waals surface area contributed by atoms with Gasteiger partial charge in [-0.25, -0.2) is 0 Å². The third kappa shape index (κ3) is 2.51. The molecule has 102 valence electrons. The monoisotopic (exact) mass is 283 g/mol. The second-order valence-electron chi connectivity index (χ2n) is 5.10. The van der Waals surface area contributed by atoms with Gasteiger partial charge >= 0.3 is 0 Å². The van der Waals surface area contributed by atoms with Crippen LogP contribution in [-0.2, 0) is 0 Å². The van der Waals surface area contributed by atoms with Crippen LogP contribution in [0.1, 0.15) is 23.5 Å². The molecule has 20 heavy (non-hydrogen) atoms.